The smallest absolute Gasteiger partial charge is 0.0309 e. The molecule has 0 radical (unpaired) electrons. The molecule has 2 saturated carbocycles. The molecule has 0 bridgehead atoms. The summed E-state index contributed by atoms with van der Waals surface area (Å²) in [6, 6.07) is 0. The van der Waals surface area contributed by atoms with Crippen molar-refractivity contribution in [1.29, 1.82) is 0 Å². The van der Waals surface area contributed by atoms with Gasteiger partial charge in [0, 0.05) is 12.1 Å². The third-order valence-electron chi connectivity index (χ3n) is 4.94. The van der Waals surface area contributed by atoms with Crippen LogP contribution in [-0.2, 0) is 0 Å². The first-order chi connectivity index (χ1) is 7.96. The Balaban J connectivity index is 1.89. The van der Waals surface area contributed by atoms with Gasteiger partial charge in [-0.15, -0.1) is 0 Å². The molecule has 0 aromatic carbocycles. The van der Waals surface area contributed by atoms with Crippen LogP contribution < -0.4 is 11.1 Å². The Hall–Kier alpha value is -0.0800. The first-order valence-corrected chi connectivity index (χ1v) is 7.41. The lowest BCUT2D eigenvalue weighted by Gasteiger charge is -2.45. The Labute approximate surface area is 107 Å². The fourth-order valence-electron chi connectivity index (χ4n) is 3.60. The monoisotopic (exact) mass is 238 g/mol. The van der Waals surface area contributed by atoms with E-state index in [0.717, 1.165) is 24.9 Å². The van der Waals surface area contributed by atoms with E-state index in [1.54, 1.807) is 0 Å². The zero-order chi connectivity index (χ0) is 12.5. The molecule has 0 saturated heterocycles. The Bertz CT molecular complexity index is 258. The van der Waals surface area contributed by atoms with Crippen LogP contribution in [0.15, 0.2) is 0 Å². The number of nitrogens with one attached hydrogen (secondary N) is 1. The molecule has 2 aliphatic rings. The molecule has 0 amide bonds. The van der Waals surface area contributed by atoms with E-state index >= 15 is 0 Å². The van der Waals surface area contributed by atoms with Gasteiger partial charge in [-0.05, 0) is 55.9 Å². The largest absolute Gasteiger partial charge is 0.329 e. The summed E-state index contributed by atoms with van der Waals surface area (Å²) in [6.07, 6.45) is 8.09. The third-order valence-corrected chi connectivity index (χ3v) is 4.94. The highest BCUT2D eigenvalue weighted by Gasteiger charge is 2.39. The predicted molar refractivity (Wildman–Crippen MR) is 73.9 cm³/mol. The van der Waals surface area contributed by atoms with Crippen LogP contribution >= 0.6 is 0 Å². The van der Waals surface area contributed by atoms with E-state index < -0.39 is 0 Å². The molecule has 2 aliphatic carbocycles. The highest BCUT2D eigenvalue weighted by Crippen LogP contribution is 2.41. The van der Waals surface area contributed by atoms with Crippen LogP contribution in [0.4, 0.5) is 0 Å². The Kier molecular flexibility index (Phi) is 3.84. The van der Waals surface area contributed by atoms with E-state index in [2.05, 4.69) is 26.1 Å². The van der Waals surface area contributed by atoms with Crippen LogP contribution in [0.2, 0.25) is 0 Å². The Morgan fingerprint density at radius 1 is 1.29 bits per heavy atom. The molecule has 2 heteroatoms. The highest BCUT2D eigenvalue weighted by atomic mass is 15.0. The fraction of sp³-hybridized carbons (Fsp3) is 1.00. The molecule has 2 unspecified atom stereocenters. The van der Waals surface area contributed by atoms with Crippen molar-refractivity contribution in [3.05, 3.63) is 0 Å². The van der Waals surface area contributed by atoms with Crippen LogP contribution in [0.1, 0.15) is 59.3 Å². The normalized spacial score (nSPS) is 34.6. The van der Waals surface area contributed by atoms with Crippen molar-refractivity contribution in [3.8, 4) is 0 Å². The number of rotatable bonds is 5. The van der Waals surface area contributed by atoms with Gasteiger partial charge in [0.05, 0.1) is 0 Å². The maximum absolute atomic E-state index is 6.07. The molecule has 0 aliphatic heterocycles. The number of nitrogens with two attached hydrogens (primary N) is 1. The second-order valence-corrected chi connectivity index (χ2v) is 7.37. The maximum atomic E-state index is 6.07. The zero-order valence-corrected chi connectivity index (χ0v) is 11.9. The summed E-state index contributed by atoms with van der Waals surface area (Å²) in [5.74, 6) is 1.83. The van der Waals surface area contributed by atoms with Crippen LogP contribution in [0, 0.1) is 17.3 Å². The van der Waals surface area contributed by atoms with Gasteiger partial charge in [0.1, 0.15) is 0 Å². The highest BCUT2D eigenvalue weighted by molar-refractivity contribution is 4.98. The van der Waals surface area contributed by atoms with E-state index in [1.165, 1.54) is 38.5 Å². The fourth-order valence-corrected chi connectivity index (χ4v) is 3.60. The van der Waals surface area contributed by atoms with Gasteiger partial charge < -0.3 is 11.1 Å². The third kappa shape index (κ3) is 3.45. The van der Waals surface area contributed by atoms with Crippen LogP contribution in [-0.4, -0.2) is 18.6 Å². The summed E-state index contributed by atoms with van der Waals surface area (Å²) in [6.45, 7) is 9.14. The van der Waals surface area contributed by atoms with Gasteiger partial charge in [0.2, 0.25) is 0 Å². The average Bonchev–Trinajstić information content (AvgIpc) is 3.08. The molecule has 3 N–H and O–H groups in total. The lowest BCUT2D eigenvalue weighted by Crippen LogP contribution is -2.56. The standard InChI is InChI=1S/C15H30N2/c1-12(13-5-6-13)9-17-15(11-16)8-4-7-14(2,3)10-15/h12-13,17H,4-11,16H2,1-3H3. The first kappa shape index (κ1) is 13.4. The van der Waals surface area contributed by atoms with Crippen molar-refractivity contribution >= 4 is 0 Å². The first-order valence-electron chi connectivity index (χ1n) is 7.41. The van der Waals surface area contributed by atoms with Crippen molar-refractivity contribution in [1.82, 2.24) is 5.32 Å². The maximum Gasteiger partial charge on any atom is 0.0309 e. The van der Waals surface area contributed by atoms with Crippen molar-refractivity contribution < 1.29 is 0 Å². The van der Waals surface area contributed by atoms with E-state index in [9.17, 15) is 0 Å². The molecule has 2 nitrogen and oxygen atoms in total. The second-order valence-electron chi connectivity index (χ2n) is 7.37. The summed E-state index contributed by atoms with van der Waals surface area (Å²) >= 11 is 0. The molecule has 2 atom stereocenters. The molecular weight excluding hydrogens is 208 g/mol. The SMILES string of the molecule is CC(CNC1(CN)CCCC(C)(C)C1)C1CC1. The topological polar surface area (TPSA) is 38.0 Å². The molecule has 0 spiro atoms. The molecule has 2 rings (SSSR count). The van der Waals surface area contributed by atoms with Crippen molar-refractivity contribution in [2.24, 2.45) is 23.0 Å². The van der Waals surface area contributed by atoms with Crippen molar-refractivity contribution in [2.45, 2.75) is 64.8 Å². The van der Waals surface area contributed by atoms with Gasteiger partial charge >= 0.3 is 0 Å². The minimum absolute atomic E-state index is 0.227. The molecule has 17 heavy (non-hydrogen) atoms. The molecule has 0 aromatic heterocycles. The van der Waals surface area contributed by atoms with E-state index in [-0.39, 0.29) is 5.54 Å². The molecule has 0 heterocycles. The van der Waals surface area contributed by atoms with Gasteiger partial charge in [-0.1, -0.05) is 27.2 Å². The van der Waals surface area contributed by atoms with Crippen molar-refractivity contribution in [3.63, 3.8) is 0 Å². The second kappa shape index (κ2) is 4.89. The minimum atomic E-state index is 0.227. The summed E-state index contributed by atoms with van der Waals surface area (Å²) in [5.41, 5.74) is 6.77. The van der Waals surface area contributed by atoms with Crippen LogP contribution in [0.5, 0.6) is 0 Å². The number of hydrogen-bond acceptors (Lipinski definition) is 2. The lowest BCUT2D eigenvalue weighted by atomic mass is 9.68. The zero-order valence-electron chi connectivity index (χ0n) is 11.9. The Morgan fingerprint density at radius 2 is 2.00 bits per heavy atom. The molecule has 2 fully saturated rings. The minimum Gasteiger partial charge on any atom is -0.329 e. The molecule has 0 aromatic rings. The van der Waals surface area contributed by atoms with Crippen molar-refractivity contribution in [2.75, 3.05) is 13.1 Å². The van der Waals surface area contributed by atoms with E-state index in [4.69, 9.17) is 5.73 Å². The number of hydrogen-bond donors (Lipinski definition) is 2. The van der Waals surface area contributed by atoms with E-state index in [1.807, 2.05) is 0 Å². The van der Waals surface area contributed by atoms with Gasteiger partial charge in [-0.25, -0.2) is 0 Å². The van der Waals surface area contributed by atoms with E-state index in [0.29, 0.717) is 5.41 Å². The van der Waals surface area contributed by atoms with Gasteiger partial charge in [0.15, 0.2) is 0 Å². The predicted octanol–water partition coefficient (Wildman–Crippen LogP) is 2.92. The van der Waals surface area contributed by atoms with Crippen LogP contribution in [0.25, 0.3) is 0 Å². The quantitative estimate of drug-likeness (QED) is 0.773. The Morgan fingerprint density at radius 3 is 2.53 bits per heavy atom. The van der Waals surface area contributed by atoms with Gasteiger partial charge in [-0.3, -0.25) is 0 Å². The summed E-state index contributed by atoms with van der Waals surface area (Å²) in [5, 5.41) is 3.84. The van der Waals surface area contributed by atoms with Gasteiger partial charge in [-0.2, -0.15) is 0 Å². The van der Waals surface area contributed by atoms with Gasteiger partial charge in [0.25, 0.3) is 0 Å². The average molecular weight is 238 g/mol. The van der Waals surface area contributed by atoms with Crippen LogP contribution in [0.3, 0.4) is 0 Å². The summed E-state index contributed by atoms with van der Waals surface area (Å²) in [4.78, 5) is 0. The molecular formula is C15H30N2. The summed E-state index contributed by atoms with van der Waals surface area (Å²) in [7, 11) is 0. The summed E-state index contributed by atoms with van der Waals surface area (Å²) < 4.78 is 0. The lowest BCUT2D eigenvalue weighted by molar-refractivity contribution is 0.120. The molecule has 100 valence electrons.